The van der Waals surface area contributed by atoms with Crippen LogP contribution < -0.4 is 0 Å². The second kappa shape index (κ2) is 7.08. The van der Waals surface area contributed by atoms with Crippen molar-refractivity contribution in [3.8, 4) is 23.1 Å². The third-order valence-electron chi connectivity index (χ3n) is 3.11. The Labute approximate surface area is 146 Å². The molecule has 0 atom stereocenters. The second-order valence-corrected chi connectivity index (χ2v) is 6.17. The van der Waals surface area contributed by atoms with Crippen LogP contribution in [0.1, 0.15) is 36.8 Å². The van der Waals surface area contributed by atoms with Crippen molar-refractivity contribution < 1.29 is 14.6 Å². The molecule has 0 fully saturated rings. The number of hydrogen-bond donors (Lipinski definition) is 1. The molecule has 0 saturated carbocycles. The maximum Gasteiger partial charge on any atom is 0.360 e. The van der Waals surface area contributed by atoms with Gasteiger partial charge in [-0.3, -0.25) is 4.68 Å². The lowest BCUT2D eigenvalue weighted by Crippen LogP contribution is -2.15. The number of aryl methyl sites for hydroxylation is 1. The first-order valence-electron chi connectivity index (χ1n) is 7.48. The number of ether oxygens (including phenoxy) is 1. The van der Waals surface area contributed by atoms with Gasteiger partial charge in [0.2, 0.25) is 0 Å². The van der Waals surface area contributed by atoms with Crippen LogP contribution in [0, 0.1) is 11.8 Å². The fraction of sp³-hybridized carbons (Fsp3) is 0.333. The highest BCUT2D eigenvalue weighted by molar-refractivity contribution is 6.30. The zero-order valence-electron chi connectivity index (χ0n) is 14.1. The van der Waals surface area contributed by atoms with Crippen molar-refractivity contribution in [1.82, 2.24) is 9.78 Å². The molecule has 2 rings (SSSR count). The molecule has 0 unspecified atom stereocenters. The van der Waals surface area contributed by atoms with E-state index in [9.17, 15) is 9.90 Å². The molecule has 1 N–H and O–H groups in total. The number of carbonyl (C=O) groups excluding carboxylic acids is 1. The largest absolute Gasteiger partial charge is 0.461 e. The van der Waals surface area contributed by atoms with Gasteiger partial charge in [-0.05, 0) is 32.9 Å². The number of aromatic nitrogens is 2. The summed E-state index contributed by atoms with van der Waals surface area (Å²) in [4.78, 5) is 12.2. The molecule has 1 aromatic heterocycles. The fourth-order valence-corrected chi connectivity index (χ4v) is 2.36. The SMILES string of the molecule is CCOC(=O)c1nn(C)c(-c2cccc(Cl)c2)c1C#CC(C)(C)O. The van der Waals surface area contributed by atoms with Crippen LogP contribution in [-0.4, -0.2) is 33.1 Å². The van der Waals surface area contributed by atoms with Gasteiger partial charge < -0.3 is 9.84 Å². The minimum atomic E-state index is -1.20. The lowest BCUT2D eigenvalue weighted by molar-refractivity contribution is 0.0518. The Kier molecular flexibility index (Phi) is 5.33. The smallest absolute Gasteiger partial charge is 0.360 e. The van der Waals surface area contributed by atoms with Gasteiger partial charge in [0.25, 0.3) is 0 Å². The van der Waals surface area contributed by atoms with Crippen LogP contribution in [0.5, 0.6) is 0 Å². The summed E-state index contributed by atoms with van der Waals surface area (Å²) in [5.41, 5.74) is 0.727. The molecule has 126 valence electrons. The van der Waals surface area contributed by atoms with Gasteiger partial charge >= 0.3 is 5.97 Å². The van der Waals surface area contributed by atoms with Crippen molar-refractivity contribution >= 4 is 17.6 Å². The van der Waals surface area contributed by atoms with Crippen LogP contribution in [0.4, 0.5) is 0 Å². The Morgan fingerprint density at radius 1 is 1.46 bits per heavy atom. The Hall–Kier alpha value is -2.29. The molecule has 2 aromatic rings. The van der Waals surface area contributed by atoms with E-state index in [-0.39, 0.29) is 12.3 Å². The minimum absolute atomic E-state index is 0.117. The van der Waals surface area contributed by atoms with E-state index < -0.39 is 11.6 Å². The van der Waals surface area contributed by atoms with E-state index in [4.69, 9.17) is 16.3 Å². The summed E-state index contributed by atoms with van der Waals surface area (Å²) in [7, 11) is 1.72. The maximum atomic E-state index is 12.2. The first-order valence-corrected chi connectivity index (χ1v) is 7.86. The van der Waals surface area contributed by atoms with Gasteiger partial charge in [0.1, 0.15) is 5.60 Å². The van der Waals surface area contributed by atoms with E-state index in [0.717, 1.165) is 5.56 Å². The number of benzene rings is 1. The average Bonchev–Trinajstić information content (AvgIpc) is 2.81. The van der Waals surface area contributed by atoms with Gasteiger partial charge in [-0.1, -0.05) is 35.6 Å². The Bertz CT molecular complexity index is 823. The summed E-state index contributed by atoms with van der Waals surface area (Å²) >= 11 is 6.07. The van der Waals surface area contributed by atoms with Gasteiger partial charge in [0.05, 0.1) is 17.9 Å². The first-order chi connectivity index (χ1) is 11.2. The normalized spacial score (nSPS) is 10.9. The zero-order valence-corrected chi connectivity index (χ0v) is 14.8. The predicted molar refractivity (Wildman–Crippen MR) is 92.8 cm³/mol. The lowest BCUT2D eigenvalue weighted by Gasteiger charge is -2.07. The molecular weight excluding hydrogens is 328 g/mol. The molecule has 0 spiro atoms. The molecule has 0 aliphatic heterocycles. The van der Waals surface area contributed by atoms with Crippen molar-refractivity contribution in [2.24, 2.45) is 7.05 Å². The zero-order chi connectivity index (χ0) is 17.9. The molecule has 5 nitrogen and oxygen atoms in total. The summed E-state index contributed by atoms with van der Waals surface area (Å²) in [6.07, 6.45) is 0. The number of aliphatic hydroxyl groups is 1. The van der Waals surface area contributed by atoms with Crippen LogP contribution in [0.25, 0.3) is 11.3 Å². The molecular formula is C18H19ClN2O3. The number of esters is 1. The summed E-state index contributed by atoms with van der Waals surface area (Å²) in [5.74, 6) is 5.04. The highest BCUT2D eigenvalue weighted by Gasteiger charge is 2.23. The van der Waals surface area contributed by atoms with Crippen molar-refractivity contribution in [3.05, 3.63) is 40.5 Å². The first kappa shape index (κ1) is 18.1. The van der Waals surface area contributed by atoms with Crippen LogP contribution >= 0.6 is 11.6 Å². The number of hydrogen-bond acceptors (Lipinski definition) is 4. The predicted octanol–water partition coefficient (Wildman–Crippen LogP) is 3.04. The third-order valence-corrected chi connectivity index (χ3v) is 3.34. The second-order valence-electron chi connectivity index (χ2n) is 5.74. The van der Waals surface area contributed by atoms with Gasteiger partial charge in [0, 0.05) is 17.6 Å². The summed E-state index contributed by atoms with van der Waals surface area (Å²) < 4.78 is 6.62. The average molecular weight is 347 g/mol. The topological polar surface area (TPSA) is 64.3 Å². The van der Waals surface area contributed by atoms with Gasteiger partial charge in [-0.2, -0.15) is 5.10 Å². The van der Waals surface area contributed by atoms with E-state index in [2.05, 4.69) is 16.9 Å². The molecule has 0 aliphatic carbocycles. The van der Waals surface area contributed by atoms with E-state index in [0.29, 0.717) is 16.3 Å². The van der Waals surface area contributed by atoms with Gasteiger partial charge in [-0.25, -0.2) is 4.79 Å². The molecule has 0 aliphatic rings. The minimum Gasteiger partial charge on any atom is -0.461 e. The van der Waals surface area contributed by atoms with Crippen LogP contribution in [0.15, 0.2) is 24.3 Å². The van der Waals surface area contributed by atoms with Crippen molar-refractivity contribution in [2.45, 2.75) is 26.4 Å². The quantitative estimate of drug-likeness (QED) is 0.685. The van der Waals surface area contributed by atoms with Crippen molar-refractivity contribution in [1.29, 1.82) is 0 Å². The van der Waals surface area contributed by atoms with Gasteiger partial charge in [-0.15, -0.1) is 0 Å². The Morgan fingerprint density at radius 3 is 2.75 bits per heavy atom. The fourth-order valence-electron chi connectivity index (χ4n) is 2.17. The van der Waals surface area contributed by atoms with Crippen LogP contribution in [0.2, 0.25) is 5.02 Å². The highest BCUT2D eigenvalue weighted by atomic mass is 35.5. The van der Waals surface area contributed by atoms with Crippen molar-refractivity contribution in [2.75, 3.05) is 6.61 Å². The van der Waals surface area contributed by atoms with Crippen LogP contribution in [0.3, 0.4) is 0 Å². The summed E-state index contributed by atoms with van der Waals surface area (Å²) in [6.45, 7) is 5.10. The van der Waals surface area contributed by atoms with Gasteiger partial charge in [0.15, 0.2) is 5.69 Å². The summed E-state index contributed by atoms with van der Waals surface area (Å²) in [6, 6.07) is 7.19. The monoisotopic (exact) mass is 346 g/mol. The maximum absolute atomic E-state index is 12.2. The van der Waals surface area contributed by atoms with E-state index >= 15 is 0 Å². The molecule has 0 bridgehead atoms. The molecule has 1 heterocycles. The highest BCUT2D eigenvalue weighted by Crippen LogP contribution is 2.28. The number of rotatable bonds is 3. The molecule has 6 heteroatoms. The molecule has 24 heavy (non-hydrogen) atoms. The number of halogens is 1. The van der Waals surface area contributed by atoms with E-state index in [1.807, 2.05) is 12.1 Å². The molecule has 0 radical (unpaired) electrons. The Balaban J connectivity index is 2.69. The Morgan fingerprint density at radius 2 is 2.17 bits per heavy atom. The third kappa shape index (κ3) is 4.16. The lowest BCUT2D eigenvalue weighted by atomic mass is 10.0. The van der Waals surface area contributed by atoms with E-state index in [1.165, 1.54) is 0 Å². The van der Waals surface area contributed by atoms with Crippen LogP contribution in [-0.2, 0) is 11.8 Å². The molecule has 1 aromatic carbocycles. The molecule has 0 saturated heterocycles. The molecule has 0 amide bonds. The number of nitrogens with zero attached hydrogens (tertiary/aromatic N) is 2. The number of carbonyl (C=O) groups is 1. The standard InChI is InChI=1S/C18H19ClN2O3/c1-5-24-17(22)15-14(9-10-18(2,3)23)16(21(4)20-15)12-7-6-8-13(19)11-12/h6-8,11,23H,5H2,1-4H3. The van der Waals surface area contributed by atoms with E-state index in [1.54, 1.807) is 44.6 Å². The summed E-state index contributed by atoms with van der Waals surface area (Å²) in [5, 5.41) is 14.7. The van der Waals surface area contributed by atoms with Crippen molar-refractivity contribution in [3.63, 3.8) is 0 Å².